The molecule has 1 heterocycles. The van der Waals surface area contributed by atoms with E-state index in [9.17, 15) is 4.21 Å². The second-order valence-corrected chi connectivity index (χ2v) is 7.03. The zero-order valence-corrected chi connectivity index (χ0v) is 13.7. The Kier molecular flexibility index (Phi) is 4.70. The number of hydrogen-bond acceptors (Lipinski definition) is 3. The number of ether oxygens (including phenoxy) is 1. The van der Waals surface area contributed by atoms with Crippen LogP contribution in [0.3, 0.4) is 0 Å². The Balaban J connectivity index is 2.59. The fourth-order valence-corrected chi connectivity index (χ4v) is 3.36. The van der Waals surface area contributed by atoms with Crippen LogP contribution in [0.4, 0.5) is 0 Å². The van der Waals surface area contributed by atoms with E-state index in [2.05, 4.69) is 9.55 Å². The Morgan fingerprint density at radius 1 is 1.45 bits per heavy atom. The Hall–Kier alpha value is -1.07. The Bertz CT molecular complexity index is 639. The third kappa shape index (κ3) is 2.99. The van der Waals surface area contributed by atoms with Gasteiger partial charge in [0, 0.05) is 34.9 Å². The van der Waals surface area contributed by atoms with Gasteiger partial charge in [-0.15, -0.1) is 11.6 Å². The van der Waals surface area contributed by atoms with E-state index < -0.39 is 10.8 Å². The van der Waals surface area contributed by atoms with Gasteiger partial charge in [0.05, 0.1) is 23.5 Å². The topological polar surface area (TPSA) is 44.1 Å². The van der Waals surface area contributed by atoms with E-state index in [1.165, 1.54) is 0 Å². The molecule has 0 aliphatic rings. The minimum atomic E-state index is -0.867. The monoisotopic (exact) mass is 314 g/mol. The van der Waals surface area contributed by atoms with Crippen molar-refractivity contribution < 1.29 is 8.95 Å². The van der Waals surface area contributed by atoms with Crippen LogP contribution < -0.4 is 4.74 Å². The summed E-state index contributed by atoms with van der Waals surface area (Å²) in [5.74, 6) is 2.14. The maximum atomic E-state index is 11.5. The van der Waals surface area contributed by atoms with Crippen LogP contribution in [0.2, 0.25) is 0 Å². The lowest BCUT2D eigenvalue weighted by molar-refractivity contribution is 0.415. The Morgan fingerprint density at radius 3 is 2.70 bits per heavy atom. The van der Waals surface area contributed by atoms with Gasteiger partial charge in [-0.3, -0.25) is 4.21 Å². The van der Waals surface area contributed by atoms with E-state index in [4.69, 9.17) is 16.3 Å². The number of alkyl halides is 1. The molecule has 0 bridgehead atoms. The molecule has 2 aromatic rings. The van der Waals surface area contributed by atoms with Gasteiger partial charge in [-0.2, -0.15) is 0 Å². The van der Waals surface area contributed by atoms with Crippen molar-refractivity contribution in [1.82, 2.24) is 9.55 Å². The second kappa shape index (κ2) is 6.14. The number of fused-ring (bicyclic) bond motifs is 1. The van der Waals surface area contributed by atoms with Crippen LogP contribution >= 0.6 is 11.6 Å². The van der Waals surface area contributed by atoms with Crippen molar-refractivity contribution >= 4 is 33.4 Å². The van der Waals surface area contributed by atoms with Crippen molar-refractivity contribution in [2.45, 2.75) is 25.3 Å². The number of aromatic nitrogens is 2. The van der Waals surface area contributed by atoms with Gasteiger partial charge in [0.2, 0.25) is 0 Å². The highest BCUT2D eigenvalue weighted by molar-refractivity contribution is 7.84. The SMILES string of the molecule is COc1ccc2c(c1)nc(C(C)Cl)n2C(C)CS(C)=O. The average molecular weight is 315 g/mol. The zero-order valence-electron chi connectivity index (χ0n) is 12.1. The Morgan fingerprint density at radius 2 is 2.15 bits per heavy atom. The number of nitrogens with zero attached hydrogens (tertiary/aromatic N) is 2. The molecule has 1 aromatic carbocycles. The predicted octanol–water partition coefficient (Wildman–Crippen LogP) is 3.28. The van der Waals surface area contributed by atoms with Crippen molar-refractivity contribution in [2.24, 2.45) is 0 Å². The normalized spacial score (nSPS) is 16.1. The average Bonchev–Trinajstić information content (AvgIpc) is 2.76. The van der Waals surface area contributed by atoms with Gasteiger partial charge in [0.25, 0.3) is 0 Å². The molecular formula is C14H19ClN2O2S. The second-order valence-electron chi connectivity index (χ2n) is 4.90. The minimum absolute atomic E-state index is 0.0791. The van der Waals surface area contributed by atoms with Crippen molar-refractivity contribution in [3.63, 3.8) is 0 Å². The van der Waals surface area contributed by atoms with E-state index in [0.29, 0.717) is 5.75 Å². The van der Waals surface area contributed by atoms with Crippen LogP contribution in [-0.4, -0.2) is 32.9 Å². The number of methoxy groups -OCH3 is 1. The molecule has 0 saturated carbocycles. The van der Waals surface area contributed by atoms with Crippen LogP contribution in [0, 0.1) is 0 Å². The number of halogens is 1. The van der Waals surface area contributed by atoms with Crippen molar-refractivity contribution in [3.8, 4) is 5.75 Å². The first-order valence-electron chi connectivity index (χ1n) is 6.44. The highest BCUT2D eigenvalue weighted by atomic mass is 35.5. The minimum Gasteiger partial charge on any atom is -0.497 e. The number of benzene rings is 1. The van der Waals surface area contributed by atoms with Crippen LogP contribution in [0.1, 0.15) is 31.1 Å². The lowest BCUT2D eigenvalue weighted by Crippen LogP contribution is -2.15. The fourth-order valence-electron chi connectivity index (χ4n) is 2.38. The summed E-state index contributed by atoms with van der Waals surface area (Å²) in [5.41, 5.74) is 1.84. The summed E-state index contributed by atoms with van der Waals surface area (Å²) in [6.07, 6.45) is 1.71. The molecule has 0 amide bonds. The standard InChI is InChI=1S/C14H19ClN2O2S/c1-9(8-20(4)18)17-13-6-5-11(19-3)7-12(13)16-14(17)10(2)15/h5-7,9-10H,8H2,1-4H3. The van der Waals surface area contributed by atoms with Crippen LogP contribution in [-0.2, 0) is 10.8 Å². The quantitative estimate of drug-likeness (QED) is 0.795. The van der Waals surface area contributed by atoms with Crippen LogP contribution in [0.5, 0.6) is 5.75 Å². The summed E-state index contributed by atoms with van der Waals surface area (Å²) in [6, 6.07) is 5.85. The molecule has 0 aliphatic heterocycles. The first-order chi connectivity index (χ1) is 9.43. The van der Waals surface area contributed by atoms with Crippen LogP contribution in [0.25, 0.3) is 11.0 Å². The van der Waals surface area contributed by atoms with Gasteiger partial charge in [0.15, 0.2) is 0 Å². The maximum absolute atomic E-state index is 11.5. The molecule has 0 N–H and O–H groups in total. The van der Waals surface area contributed by atoms with Gasteiger partial charge >= 0.3 is 0 Å². The summed E-state index contributed by atoms with van der Waals surface area (Å²) in [5, 5.41) is -0.207. The van der Waals surface area contributed by atoms with Gasteiger partial charge in [-0.05, 0) is 26.0 Å². The van der Waals surface area contributed by atoms with E-state index in [-0.39, 0.29) is 11.4 Å². The van der Waals surface area contributed by atoms with E-state index in [0.717, 1.165) is 22.6 Å². The molecule has 2 rings (SSSR count). The highest BCUT2D eigenvalue weighted by Gasteiger charge is 2.20. The third-order valence-corrected chi connectivity index (χ3v) is 4.34. The summed E-state index contributed by atoms with van der Waals surface area (Å²) < 4.78 is 18.8. The first-order valence-corrected chi connectivity index (χ1v) is 8.60. The number of imidazole rings is 1. The summed E-state index contributed by atoms with van der Waals surface area (Å²) in [4.78, 5) is 4.60. The van der Waals surface area contributed by atoms with Crippen molar-refractivity contribution in [1.29, 1.82) is 0 Å². The lowest BCUT2D eigenvalue weighted by atomic mass is 10.2. The molecule has 3 unspecified atom stereocenters. The van der Waals surface area contributed by atoms with Crippen molar-refractivity contribution in [2.75, 3.05) is 19.1 Å². The predicted molar refractivity (Wildman–Crippen MR) is 84.2 cm³/mol. The van der Waals surface area contributed by atoms with Gasteiger partial charge in [0.1, 0.15) is 11.6 Å². The molecule has 20 heavy (non-hydrogen) atoms. The molecule has 0 fully saturated rings. The van der Waals surface area contributed by atoms with Crippen LogP contribution in [0.15, 0.2) is 18.2 Å². The molecule has 0 saturated heterocycles. The molecule has 0 aliphatic carbocycles. The van der Waals surface area contributed by atoms with Crippen molar-refractivity contribution in [3.05, 3.63) is 24.0 Å². The fraction of sp³-hybridized carbons (Fsp3) is 0.500. The first kappa shape index (κ1) is 15.3. The molecular weight excluding hydrogens is 296 g/mol. The third-order valence-electron chi connectivity index (χ3n) is 3.20. The zero-order chi connectivity index (χ0) is 14.9. The molecule has 4 nitrogen and oxygen atoms in total. The van der Waals surface area contributed by atoms with E-state index >= 15 is 0 Å². The molecule has 1 aromatic heterocycles. The Labute approximate surface area is 126 Å². The molecule has 3 atom stereocenters. The number of hydrogen-bond donors (Lipinski definition) is 0. The highest BCUT2D eigenvalue weighted by Crippen LogP contribution is 2.30. The van der Waals surface area contributed by atoms with E-state index in [1.807, 2.05) is 32.0 Å². The molecule has 110 valence electrons. The molecule has 6 heteroatoms. The summed E-state index contributed by atoms with van der Waals surface area (Å²) in [6.45, 7) is 3.93. The molecule has 0 radical (unpaired) electrons. The lowest BCUT2D eigenvalue weighted by Gasteiger charge is -2.17. The largest absolute Gasteiger partial charge is 0.497 e. The van der Waals surface area contributed by atoms with Gasteiger partial charge < -0.3 is 9.30 Å². The number of rotatable bonds is 5. The smallest absolute Gasteiger partial charge is 0.127 e. The maximum Gasteiger partial charge on any atom is 0.127 e. The van der Waals surface area contributed by atoms with E-state index in [1.54, 1.807) is 13.4 Å². The van der Waals surface area contributed by atoms with Gasteiger partial charge in [-0.1, -0.05) is 0 Å². The van der Waals surface area contributed by atoms with Gasteiger partial charge in [-0.25, -0.2) is 4.98 Å². The summed E-state index contributed by atoms with van der Waals surface area (Å²) in [7, 11) is 0.764. The molecule has 0 spiro atoms. The summed E-state index contributed by atoms with van der Waals surface area (Å²) >= 11 is 6.24.